The molecular formula is C17H20N4O2. The number of hydrogen-bond acceptors (Lipinski definition) is 5. The number of carbonyl (C=O) groups is 1. The minimum atomic E-state index is -1.06. The number of anilines is 1. The Labute approximate surface area is 135 Å². The van der Waals surface area contributed by atoms with E-state index in [-0.39, 0.29) is 5.69 Å². The van der Waals surface area contributed by atoms with E-state index in [1.807, 2.05) is 6.07 Å². The van der Waals surface area contributed by atoms with Crippen LogP contribution in [0.2, 0.25) is 0 Å². The van der Waals surface area contributed by atoms with Crippen LogP contribution in [0.5, 0.6) is 0 Å². The van der Waals surface area contributed by atoms with E-state index < -0.39 is 5.97 Å². The van der Waals surface area contributed by atoms with Crippen LogP contribution in [-0.4, -0.2) is 45.1 Å². The van der Waals surface area contributed by atoms with E-state index in [9.17, 15) is 4.79 Å². The molecule has 1 aromatic carbocycles. The number of aromatic nitrogens is 2. The third kappa shape index (κ3) is 4.04. The number of carboxylic acids is 1. The molecule has 2 N–H and O–H groups in total. The van der Waals surface area contributed by atoms with Crippen molar-refractivity contribution in [3.05, 3.63) is 54.0 Å². The summed E-state index contributed by atoms with van der Waals surface area (Å²) in [6, 6.07) is 10.9. The minimum absolute atomic E-state index is 0.0397. The van der Waals surface area contributed by atoms with Crippen LogP contribution < -0.4 is 5.32 Å². The van der Waals surface area contributed by atoms with Crippen molar-refractivity contribution in [2.75, 3.05) is 18.4 Å². The van der Waals surface area contributed by atoms with Crippen molar-refractivity contribution >= 4 is 11.8 Å². The summed E-state index contributed by atoms with van der Waals surface area (Å²) >= 11 is 0. The van der Waals surface area contributed by atoms with Gasteiger partial charge in [0.15, 0.2) is 5.69 Å². The van der Waals surface area contributed by atoms with Crippen LogP contribution in [0.25, 0.3) is 0 Å². The van der Waals surface area contributed by atoms with Crippen molar-refractivity contribution in [1.82, 2.24) is 14.9 Å². The van der Waals surface area contributed by atoms with E-state index in [2.05, 4.69) is 44.5 Å². The van der Waals surface area contributed by atoms with Crippen molar-refractivity contribution in [1.29, 1.82) is 0 Å². The van der Waals surface area contributed by atoms with Crippen molar-refractivity contribution in [2.24, 2.45) is 0 Å². The Bertz CT molecular complexity index is 645. The molecule has 1 aliphatic heterocycles. The Morgan fingerprint density at radius 2 is 2.09 bits per heavy atom. The number of aromatic carboxylic acids is 1. The molecule has 3 rings (SSSR count). The molecule has 2 heterocycles. The first-order chi connectivity index (χ1) is 11.2. The minimum Gasteiger partial charge on any atom is -0.476 e. The topological polar surface area (TPSA) is 78.3 Å². The molecule has 1 unspecified atom stereocenters. The Morgan fingerprint density at radius 3 is 2.78 bits per heavy atom. The predicted octanol–water partition coefficient (Wildman–Crippen LogP) is 2.25. The van der Waals surface area contributed by atoms with Crippen LogP contribution >= 0.6 is 0 Å². The molecule has 120 valence electrons. The van der Waals surface area contributed by atoms with Crippen molar-refractivity contribution in [2.45, 2.75) is 25.4 Å². The van der Waals surface area contributed by atoms with Gasteiger partial charge in [0.25, 0.3) is 0 Å². The summed E-state index contributed by atoms with van der Waals surface area (Å²) < 4.78 is 0. The molecule has 0 amide bonds. The largest absolute Gasteiger partial charge is 0.476 e. The fourth-order valence-corrected chi connectivity index (χ4v) is 2.90. The molecule has 1 atom stereocenters. The lowest BCUT2D eigenvalue weighted by Gasteiger charge is -2.25. The fourth-order valence-electron chi connectivity index (χ4n) is 2.90. The second-order valence-electron chi connectivity index (χ2n) is 5.73. The number of benzene rings is 1. The maximum Gasteiger partial charge on any atom is 0.356 e. The molecule has 0 bridgehead atoms. The highest BCUT2D eigenvalue weighted by Crippen LogP contribution is 2.20. The highest BCUT2D eigenvalue weighted by Gasteiger charge is 2.24. The summed E-state index contributed by atoms with van der Waals surface area (Å²) in [5.41, 5.74) is 1.28. The molecule has 6 heteroatoms. The molecule has 0 spiro atoms. The third-order valence-corrected chi connectivity index (χ3v) is 4.12. The molecule has 0 aliphatic carbocycles. The Balaban J connectivity index is 1.55. The van der Waals surface area contributed by atoms with Crippen LogP contribution in [0, 0.1) is 0 Å². The zero-order valence-corrected chi connectivity index (χ0v) is 12.9. The summed E-state index contributed by atoms with van der Waals surface area (Å²) in [7, 11) is 0. The molecule has 23 heavy (non-hydrogen) atoms. The normalized spacial score (nSPS) is 18.0. The predicted molar refractivity (Wildman–Crippen MR) is 87.4 cm³/mol. The lowest BCUT2D eigenvalue weighted by molar-refractivity contribution is 0.0690. The molecule has 2 aromatic rings. The standard InChI is InChI=1S/C17H20N4O2/c22-17(23)15-10-20-16(11-18-15)19-9-14-7-4-8-21(14)12-13-5-2-1-3-6-13/h1-3,5-6,10-11,14H,4,7-9,12H2,(H,19,20)(H,22,23). The van der Waals surface area contributed by atoms with Gasteiger partial charge in [-0.25, -0.2) is 14.8 Å². The lowest BCUT2D eigenvalue weighted by atomic mass is 10.2. The van der Waals surface area contributed by atoms with Gasteiger partial charge in [0.2, 0.25) is 0 Å². The molecule has 0 radical (unpaired) electrons. The van der Waals surface area contributed by atoms with Gasteiger partial charge in [-0.15, -0.1) is 0 Å². The SMILES string of the molecule is O=C(O)c1cnc(NCC2CCCN2Cc2ccccc2)cn1. The maximum atomic E-state index is 10.8. The van der Waals surface area contributed by atoms with Gasteiger partial charge in [-0.1, -0.05) is 30.3 Å². The van der Waals surface area contributed by atoms with Crippen LogP contribution in [0.15, 0.2) is 42.7 Å². The molecule has 1 aromatic heterocycles. The van der Waals surface area contributed by atoms with Gasteiger partial charge in [0.05, 0.1) is 12.4 Å². The highest BCUT2D eigenvalue weighted by molar-refractivity contribution is 5.84. The van der Waals surface area contributed by atoms with Crippen molar-refractivity contribution in [3.63, 3.8) is 0 Å². The average molecular weight is 312 g/mol. The second-order valence-corrected chi connectivity index (χ2v) is 5.73. The number of likely N-dealkylation sites (tertiary alicyclic amines) is 1. The van der Waals surface area contributed by atoms with E-state index in [4.69, 9.17) is 5.11 Å². The van der Waals surface area contributed by atoms with Crippen LogP contribution in [-0.2, 0) is 6.54 Å². The van der Waals surface area contributed by atoms with E-state index in [0.717, 1.165) is 26.1 Å². The zero-order valence-electron chi connectivity index (χ0n) is 12.9. The number of nitrogens with zero attached hydrogens (tertiary/aromatic N) is 3. The third-order valence-electron chi connectivity index (χ3n) is 4.12. The summed E-state index contributed by atoms with van der Waals surface area (Å²) in [5, 5.41) is 12.1. The van der Waals surface area contributed by atoms with E-state index in [1.165, 1.54) is 24.4 Å². The molecule has 6 nitrogen and oxygen atoms in total. The van der Waals surface area contributed by atoms with Gasteiger partial charge < -0.3 is 10.4 Å². The van der Waals surface area contributed by atoms with Gasteiger partial charge in [-0.2, -0.15) is 0 Å². The van der Waals surface area contributed by atoms with Gasteiger partial charge in [-0.3, -0.25) is 4.90 Å². The monoisotopic (exact) mass is 312 g/mol. The first kappa shape index (κ1) is 15.4. The van der Waals surface area contributed by atoms with Crippen LogP contribution in [0.1, 0.15) is 28.9 Å². The van der Waals surface area contributed by atoms with E-state index in [0.29, 0.717) is 11.9 Å². The summed E-state index contributed by atoms with van der Waals surface area (Å²) in [6.45, 7) is 2.84. The van der Waals surface area contributed by atoms with Gasteiger partial charge in [-0.05, 0) is 24.9 Å². The molecule has 0 saturated carbocycles. The smallest absolute Gasteiger partial charge is 0.356 e. The zero-order chi connectivity index (χ0) is 16.1. The number of hydrogen-bond donors (Lipinski definition) is 2. The Hall–Kier alpha value is -2.47. The van der Waals surface area contributed by atoms with E-state index in [1.54, 1.807) is 0 Å². The summed E-state index contributed by atoms with van der Waals surface area (Å²) in [4.78, 5) is 21.2. The van der Waals surface area contributed by atoms with Crippen LogP contribution in [0.4, 0.5) is 5.82 Å². The number of carboxylic acid groups (broad SMARTS) is 1. The van der Waals surface area contributed by atoms with Crippen LogP contribution in [0.3, 0.4) is 0 Å². The van der Waals surface area contributed by atoms with Crippen molar-refractivity contribution < 1.29 is 9.90 Å². The molecular weight excluding hydrogens is 292 g/mol. The highest BCUT2D eigenvalue weighted by atomic mass is 16.4. The fraction of sp³-hybridized carbons (Fsp3) is 0.353. The Kier molecular flexibility index (Phi) is 4.83. The molecule has 1 saturated heterocycles. The maximum absolute atomic E-state index is 10.8. The van der Waals surface area contributed by atoms with Crippen molar-refractivity contribution in [3.8, 4) is 0 Å². The Morgan fingerprint density at radius 1 is 1.26 bits per heavy atom. The summed E-state index contributed by atoms with van der Waals surface area (Å²) in [6.07, 6.45) is 5.10. The number of nitrogens with one attached hydrogen (secondary N) is 1. The van der Waals surface area contributed by atoms with Gasteiger partial charge in [0, 0.05) is 19.1 Å². The average Bonchev–Trinajstić information content (AvgIpc) is 3.01. The van der Waals surface area contributed by atoms with Gasteiger partial charge in [0.1, 0.15) is 5.82 Å². The number of rotatable bonds is 6. The quantitative estimate of drug-likeness (QED) is 0.852. The summed E-state index contributed by atoms with van der Waals surface area (Å²) in [5.74, 6) is -0.449. The first-order valence-electron chi connectivity index (χ1n) is 7.79. The molecule has 1 aliphatic rings. The lowest BCUT2D eigenvalue weighted by Crippen LogP contribution is -2.34. The first-order valence-corrected chi connectivity index (χ1v) is 7.79. The van der Waals surface area contributed by atoms with E-state index >= 15 is 0 Å². The molecule has 1 fully saturated rings. The second kappa shape index (κ2) is 7.19. The van der Waals surface area contributed by atoms with Gasteiger partial charge >= 0.3 is 5.97 Å².